The molecule has 0 radical (unpaired) electrons. The van der Waals surface area contributed by atoms with Gasteiger partial charge in [-0.2, -0.15) is 0 Å². The highest BCUT2D eigenvalue weighted by molar-refractivity contribution is 5.20. The van der Waals surface area contributed by atoms with Crippen molar-refractivity contribution in [2.24, 2.45) is 29.1 Å². The Kier molecular flexibility index (Phi) is 4.93. The lowest BCUT2D eigenvalue weighted by Gasteiger charge is -2.60. The van der Waals surface area contributed by atoms with Crippen molar-refractivity contribution in [1.29, 1.82) is 0 Å². The smallest absolute Gasteiger partial charge is 0.0732 e. The van der Waals surface area contributed by atoms with E-state index in [-0.39, 0.29) is 5.41 Å². The number of aliphatic hydroxyl groups is 1. The summed E-state index contributed by atoms with van der Waals surface area (Å²) in [5.74, 6) is 2.30. The second kappa shape index (κ2) is 6.07. The molecule has 21 heavy (non-hydrogen) atoms. The lowest BCUT2D eigenvalue weighted by Crippen LogP contribution is -2.60. The molecule has 1 heteroatoms. The molecule has 2 aliphatic rings. The minimum absolute atomic E-state index is 0.0434. The van der Waals surface area contributed by atoms with Gasteiger partial charge in [-0.05, 0) is 62.2 Å². The second-order valence-electron chi connectivity index (χ2n) is 8.44. The van der Waals surface area contributed by atoms with E-state index in [4.69, 9.17) is 0 Å². The summed E-state index contributed by atoms with van der Waals surface area (Å²) in [7, 11) is 0. The van der Waals surface area contributed by atoms with Crippen LogP contribution < -0.4 is 0 Å². The molecule has 0 spiro atoms. The van der Waals surface area contributed by atoms with Gasteiger partial charge in [-0.25, -0.2) is 0 Å². The van der Waals surface area contributed by atoms with Gasteiger partial charge in [0.2, 0.25) is 0 Å². The molecule has 0 heterocycles. The average molecular weight is 293 g/mol. The highest BCUT2D eigenvalue weighted by Crippen LogP contribution is 2.61. The molecule has 2 aliphatic carbocycles. The SMILES string of the molecule is C=C1[C@H](C)CC[C@@]2(C)[C@H]1CC[C@@H](C)[C@]2(O)CCC(C)CC. The van der Waals surface area contributed by atoms with Gasteiger partial charge < -0.3 is 5.11 Å². The zero-order valence-corrected chi connectivity index (χ0v) is 14.9. The van der Waals surface area contributed by atoms with Crippen LogP contribution in [0.1, 0.15) is 79.6 Å². The first-order valence-corrected chi connectivity index (χ1v) is 9.17. The molecule has 1 unspecified atom stereocenters. The van der Waals surface area contributed by atoms with Crippen LogP contribution in [0, 0.1) is 29.1 Å². The summed E-state index contributed by atoms with van der Waals surface area (Å²) in [5, 5.41) is 11.7. The maximum absolute atomic E-state index is 11.7. The molecule has 1 N–H and O–H groups in total. The second-order valence-corrected chi connectivity index (χ2v) is 8.44. The van der Waals surface area contributed by atoms with E-state index in [1.54, 1.807) is 0 Å². The molecule has 2 saturated carbocycles. The number of hydrogen-bond donors (Lipinski definition) is 1. The Morgan fingerprint density at radius 3 is 2.57 bits per heavy atom. The Balaban J connectivity index is 2.26. The number of hydrogen-bond acceptors (Lipinski definition) is 1. The fraction of sp³-hybridized carbons (Fsp3) is 0.900. The van der Waals surface area contributed by atoms with Crippen molar-refractivity contribution in [2.45, 2.75) is 85.2 Å². The third kappa shape index (κ3) is 2.71. The first-order valence-electron chi connectivity index (χ1n) is 9.17. The van der Waals surface area contributed by atoms with Crippen molar-refractivity contribution >= 4 is 0 Å². The van der Waals surface area contributed by atoms with Crippen LogP contribution in [0.5, 0.6) is 0 Å². The van der Waals surface area contributed by atoms with Crippen molar-refractivity contribution in [3.8, 4) is 0 Å². The Labute approximate surface area is 132 Å². The third-order valence-corrected chi connectivity index (χ3v) is 7.35. The van der Waals surface area contributed by atoms with Crippen LogP contribution in [0.25, 0.3) is 0 Å². The van der Waals surface area contributed by atoms with Gasteiger partial charge in [-0.1, -0.05) is 53.2 Å². The van der Waals surface area contributed by atoms with Crippen molar-refractivity contribution in [3.05, 3.63) is 12.2 Å². The summed E-state index contributed by atoms with van der Waals surface area (Å²) < 4.78 is 0. The molecule has 1 nitrogen and oxygen atoms in total. The highest BCUT2D eigenvalue weighted by atomic mass is 16.3. The minimum Gasteiger partial charge on any atom is -0.389 e. The molecule has 2 fully saturated rings. The average Bonchev–Trinajstić information content (AvgIpc) is 2.46. The molecule has 0 bridgehead atoms. The first kappa shape index (κ1) is 17.1. The lowest BCUT2D eigenvalue weighted by atomic mass is 9.47. The predicted octanol–water partition coefficient (Wildman–Crippen LogP) is 5.58. The van der Waals surface area contributed by atoms with Gasteiger partial charge in [0, 0.05) is 5.41 Å². The van der Waals surface area contributed by atoms with Gasteiger partial charge in [-0.3, -0.25) is 0 Å². The molecule has 6 atom stereocenters. The first-order chi connectivity index (χ1) is 9.76. The fourth-order valence-corrected chi connectivity index (χ4v) is 5.07. The van der Waals surface area contributed by atoms with E-state index in [1.165, 1.54) is 31.3 Å². The van der Waals surface area contributed by atoms with Crippen LogP contribution in [0.2, 0.25) is 0 Å². The van der Waals surface area contributed by atoms with Gasteiger partial charge in [0.15, 0.2) is 0 Å². The van der Waals surface area contributed by atoms with E-state index in [0.29, 0.717) is 17.8 Å². The van der Waals surface area contributed by atoms with Gasteiger partial charge in [-0.15, -0.1) is 0 Å². The van der Waals surface area contributed by atoms with Gasteiger partial charge in [0.1, 0.15) is 0 Å². The Morgan fingerprint density at radius 1 is 1.29 bits per heavy atom. The molecule has 0 aliphatic heterocycles. The van der Waals surface area contributed by atoms with Crippen LogP contribution in [0.4, 0.5) is 0 Å². The van der Waals surface area contributed by atoms with E-state index in [1.807, 2.05) is 0 Å². The van der Waals surface area contributed by atoms with Crippen LogP contribution in [-0.2, 0) is 0 Å². The highest BCUT2D eigenvalue weighted by Gasteiger charge is 2.58. The van der Waals surface area contributed by atoms with Gasteiger partial charge >= 0.3 is 0 Å². The Morgan fingerprint density at radius 2 is 1.95 bits per heavy atom. The zero-order valence-electron chi connectivity index (χ0n) is 14.9. The van der Waals surface area contributed by atoms with Crippen LogP contribution in [0.15, 0.2) is 12.2 Å². The molecule has 0 aromatic rings. The maximum atomic E-state index is 11.7. The summed E-state index contributed by atoms with van der Waals surface area (Å²) in [6, 6.07) is 0. The van der Waals surface area contributed by atoms with E-state index >= 15 is 0 Å². The standard InChI is InChI=1S/C20H36O/c1-7-14(2)10-13-20(21)16(4)8-9-18-17(5)15(3)11-12-19(18,20)6/h14-16,18,21H,5,7-13H2,1-4,6H3/t14?,15-,16-,18+,19+,20-/m1/s1. The van der Waals surface area contributed by atoms with Crippen molar-refractivity contribution in [3.63, 3.8) is 0 Å². The molecule has 0 amide bonds. The molecular formula is C20H36O. The van der Waals surface area contributed by atoms with E-state index in [0.717, 1.165) is 25.2 Å². The molecule has 2 rings (SSSR count). The molecular weight excluding hydrogens is 256 g/mol. The van der Waals surface area contributed by atoms with Crippen LogP contribution >= 0.6 is 0 Å². The summed E-state index contributed by atoms with van der Waals surface area (Å²) in [5.41, 5.74) is 0.960. The maximum Gasteiger partial charge on any atom is 0.0732 e. The van der Waals surface area contributed by atoms with E-state index < -0.39 is 5.60 Å². The Hall–Kier alpha value is -0.300. The van der Waals surface area contributed by atoms with Gasteiger partial charge in [0.25, 0.3) is 0 Å². The number of rotatable bonds is 4. The third-order valence-electron chi connectivity index (χ3n) is 7.35. The minimum atomic E-state index is -0.498. The Bertz CT molecular complexity index is 387. The molecule has 0 aromatic heterocycles. The number of allylic oxidation sites excluding steroid dienone is 1. The molecule has 0 aromatic carbocycles. The monoisotopic (exact) mass is 292 g/mol. The number of fused-ring (bicyclic) bond motifs is 1. The summed E-state index contributed by atoms with van der Waals surface area (Å²) in [6.07, 6.45) is 8.09. The quantitative estimate of drug-likeness (QED) is 0.670. The zero-order chi connectivity index (χ0) is 15.8. The topological polar surface area (TPSA) is 20.2 Å². The molecule has 0 saturated heterocycles. The van der Waals surface area contributed by atoms with E-state index in [9.17, 15) is 5.11 Å². The van der Waals surface area contributed by atoms with Crippen molar-refractivity contribution in [2.75, 3.05) is 0 Å². The fourth-order valence-electron chi connectivity index (χ4n) is 5.07. The summed E-state index contributed by atoms with van der Waals surface area (Å²) >= 11 is 0. The van der Waals surface area contributed by atoms with E-state index in [2.05, 4.69) is 41.2 Å². The lowest BCUT2D eigenvalue weighted by molar-refractivity contribution is -0.180. The predicted molar refractivity (Wildman–Crippen MR) is 91.2 cm³/mol. The summed E-state index contributed by atoms with van der Waals surface area (Å²) in [4.78, 5) is 0. The van der Waals surface area contributed by atoms with Crippen molar-refractivity contribution in [1.82, 2.24) is 0 Å². The molecule has 122 valence electrons. The van der Waals surface area contributed by atoms with Crippen molar-refractivity contribution < 1.29 is 5.11 Å². The van der Waals surface area contributed by atoms with Crippen LogP contribution in [-0.4, -0.2) is 10.7 Å². The largest absolute Gasteiger partial charge is 0.389 e. The normalized spacial score (nSPS) is 45.2. The summed E-state index contributed by atoms with van der Waals surface area (Å²) in [6.45, 7) is 15.9. The van der Waals surface area contributed by atoms with Gasteiger partial charge in [0.05, 0.1) is 5.60 Å². The van der Waals surface area contributed by atoms with Crippen LogP contribution in [0.3, 0.4) is 0 Å².